The van der Waals surface area contributed by atoms with Gasteiger partial charge in [-0.25, -0.2) is 18.9 Å². The van der Waals surface area contributed by atoms with Crippen LogP contribution in [0.15, 0.2) is 42.5 Å². The van der Waals surface area contributed by atoms with E-state index >= 15 is 0 Å². The maximum Gasteiger partial charge on any atom is 0.297 e. The van der Waals surface area contributed by atoms with Crippen LogP contribution in [0.5, 0.6) is 0 Å². The van der Waals surface area contributed by atoms with Crippen molar-refractivity contribution >= 4 is 32.8 Å². The number of halogens is 2. The predicted octanol–water partition coefficient (Wildman–Crippen LogP) is 3.38. The van der Waals surface area contributed by atoms with Crippen molar-refractivity contribution in [3.05, 3.63) is 76.6 Å². The van der Waals surface area contributed by atoms with Gasteiger partial charge in [0.05, 0.1) is 17.3 Å². The molecule has 13 heteroatoms. The SMILES string of the molecule is CC(=O)N[C@@H](Cc1cc(F)cc(F)c1)c1nc(C#CC(C)(C)O)ccc1-c1ccc(C)c2c(NS(N)(=O)=O)nn(C)c12. The molecule has 4 aromatic rings. The number of aryl methyl sites for hydroxylation is 2. The number of hydrogen-bond acceptors (Lipinski definition) is 6. The molecule has 0 radical (unpaired) electrons. The average molecular weight is 597 g/mol. The summed E-state index contributed by atoms with van der Waals surface area (Å²) in [5.41, 5.74) is 1.93. The highest BCUT2D eigenvalue weighted by Gasteiger charge is 2.25. The molecule has 0 aliphatic rings. The number of carbonyl (C=O) groups is 1. The van der Waals surface area contributed by atoms with Gasteiger partial charge in [-0.1, -0.05) is 18.1 Å². The zero-order valence-corrected chi connectivity index (χ0v) is 24.4. The number of anilines is 1. The van der Waals surface area contributed by atoms with E-state index in [2.05, 4.69) is 27.0 Å². The molecule has 1 amide bonds. The zero-order valence-electron chi connectivity index (χ0n) is 23.6. The summed E-state index contributed by atoms with van der Waals surface area (Å²) in [6.45, 7) is 6.14. The van der Waals surface area contributed by atoms with Gasteiger partial charge >= 0.3 is 0 Å². The first kappa shape index (κ1) is 30.6. The molecule has 42 heavy (non-hydrogen) atoms. The molecule has 220 valence electrons. The molecule has 1 atom stereocenters. The van der Waals surface area contributed by atoms with E-state index in [4.69, 9.17) is 10.1 Å². The highest BCUT2D eigenvalue weighted by molar-refractivity contribution is 7.90. The molecule has 2 heterocycles. The van der Waals surface area contributed by atoms with E-state index in [0.29, 0.717) is 33.3 Å². The Morgan fingerprint density at radius 1 is 1.14 bits per heavy atom. The van der Waals surface area contributed by atoms with Crippen LogP contribution in [-0.2, 0) is 28.5 Å². The van der Waals surface area contributed by atoms with Crippen LogP contribution in [0.3, 0.4) is 0 Å². The van der Waals surface area contributed by atoms with Crippen LogP contribution >= 0.6 is 0 Å². The Morgan fingerprint density at radius 3 is 2.38 bits per heavy atom. The molecule has 0 aliphatic carbocycles. The lowest BCUT2D eigenvalue weighted by atomic mass is 9.93. The lowest BCUT2D eigenvalue weighted by molar-refractivity contribution is -0.119. The molecule has 0 fully saturated rings. The largest absolute Gasteiger partial charge is 0.378 e. The highest BCUT2D eigenvalue weighted by atomic mass is 32.2. The standard InChI is InChI=1S/C29H30F2N6O4S/c1-16-6-8-23(27-25(16)28(35-37(27)5)36-42(32,40)41)22-9-7-21(10-11-29(3,4)39)34-26(22)24(33-17(2)38)14-18-12-19(30)15-20(31)13-18/h6-9,12-13,15,24,39H,14H2,1-5H3,(H,33,38)(H,35,36)(H2,32,40,41)/t24-/m0/s1. The monoisotopic (exact) mass is 596 g/mol. The summed E-state index contributed by atoms with van der Waals surface area (Å²) in [4.78, 5) is 17.1. The number of pyridine rings is 1. The molecule has 0 bridgehead atoms. The van der Waals surface area contributed by atoms with E-state index < -0.39 is 39.4 Å². The van der Waals surface area contributed by atoms with Crippen molar-refractivity contribution in [2.24, 2.45) is 12.2 Å². The number of rotatable bonds is 7. The van der Waals surface area contributed by atoms with Gasteiger partial charge in [0.15, 0.2) is 5.82 Å². The van der Waals surface area contributed by atoms with E-state index in [9.17, 15) is 27.1 Å². The number of carbonyl (C=O) groups excluding carboxylic acids is 1. The fourth-order valence-corrected chi connectivity index (χ4v) is 5.09. The molecule has 2 aromatic heterocycles. The van der Waals surface area contributed by atoms with Crippen molar-refractivity contribution in [1.29, 1.82) is 0 Å². The first-order valence-corrected chi connectivity index (χ1v) is 14.3. The maximum absolute atomic E-state index is 14.1. The molecular weight excluding hydrogens is 566 g/mol. The Kier molecular flexibility index (Phi) is 8.36. The highest BCUT2D eigenvalue weighted by Crippen LogP contribution is 2.38. The minimum atomic E-state index is -4.13. The fourth-order valence-electron chi connectivity index (χ4n) is 4.68. The second-order valence-electron chi connectivity index (χ2n) is 10.4. The quantitative estimate of drug-likeness (QED) is 0.240. The second-order valence-corrected chi connectivity index (χ2v) is 11.7. The third-order valence-electron chi connectivity index (χ3n) is 6.22. The van der Waals surface area contributed by atoms with Crippen LogP contribution in [0.4, 0.5) is 14.6 Å². The molecule has 0 spiro atoms. The van der Waals surface area contributed by atoms with Crippen LogP contribution < -0.4 is 15.2 Å². The van der Waals surface area contributed by atoms with Crippen LogP contribution in [0, 0.1) is 30.4 Å². The van der Waals surface area contributed by atoms with E-state index in [0.717, 1.165) is 6.07 Å². The number of nitrogens with two attached hydrogens (primary N) is 1. The Morgan fingerprint density at radius 2 is 1.79 bits per heavy atom. The number of nitrogens with zero attached hydrogens (tertiary/aromatic N) is 3. The lowest BCUT2D eigenvalue weighted by Crippen LogP contribution is -2.29. The minimum Gasteiger partial charge on any atom is -0.378 e. The van der Waals surface area contributed by atoms with E-state index in [-0.39, 0.29) is 23.5 Å². The molecule has 2 aromatic carbocycles. The van der Waals surface area contributed by atoms with Crippen molar-refractivity contribution in [2.75, 3.05) is 4.72 Å². The number of amides is 1. The van der Waals surface area contributed by atoms with Crippen molar-refractivity contribution in [3.8, 4) is 23.0 Å². The van der Waals surface area contributed by atoms with E-state index in [1.165, 1.54) is 37.6 Å². The molecule has 4 rings (SSSR count). The third-order valence-corrected chi connectivity index (χ3v) is 6.69. The summed E-state index contributed by atoms with van der Waals surface area (Å²) >= 11 is 0. The Bertz CT molecular complexity index is 1850. The first-order chi connectivity index (χ1) is 19.5. The molecule has 0 saturated heterocycles. The summed E-state index contributed by atoms with van der Waals surface area (Å²) in [6.07, 6.45) is -0.0186. The Labute approximate surface area is 242 Å². The average Bonchev–Trinajstić information content (AvgIpc) is 3.16. The van der Waals surface area contributed by atoms with Crippen molar-refractivity contribution < 1.29 is 27.1 Å². The fraction of sp³-hybridized carbons (Fsp3) is 0.276. The number of hydrogen-bond donors (Lipinski definition) is 4. The van der Waals surface area contributed by atoms with Gasteiger partial charge in [-0.3, -0.25) is 14.2 Å². The van der Waals surface area contributed by atoms with Gasteiger partial charge in [0.1, 0.15) is 22.9 Å². The molecule has 10 nitrogen and oxygen atoms in total. The Balaban J connectivity index is 2.00. The summed E-state index contributed by atoms with van der Waals surface area (Å²) in [5, 5.41) is 23.0. The summed E-state index contributed by atoms with van der Waals surface area (Å²) in [7, 11) is -2.50. The van der Waals surface area contributed by atoms with Crippen molar-refractivity contribution in [2.45, 2.75) is 45.8 Å². The van der Waals surface area contributed by atoms with E-state index in [1.807, 2.05) is 0 Å². The summed E-state index contributed by atoms with van der Waals surface area (Å²) < 4.78 is 55.6. The lowest BCUT2D eigenvalue weighted by Gasteiger charge is -2.22. The van der Waals surface area contributed by atoms with Gasteiger partial charge in [0.2, 0.25) is 5.91 Å². The third kappa shape index (κ3) is 7.27. The molecule has 5 N–H and O–H groups in total. The van der Waals surface area contributed by atoms with Gasteiger partial charge in [0, 0.05) is 36.6 Å². The van der Waals surface area contributed by atoms with Gasteiger partial charge in [-0.05, 0) is 68.5 Å². The number of nitrogens with one attached hydrogen (secondary N) is 2. The molecule has 0 unspecified atom stereocenters. The maximum atomic E-state index is 14.1. The number of fused-ring (bicyclic) bond motifs is 1. The zero-order chi connectivity index (χ0) is 31.0. The van der Waals surface area contributed by atoms with E-state index in [1.54, 1.807) is 38.2 Å². The minimum absolute atomic E-state index is 0.0186. The van der Waals surface area contributed by atoms with Gasteiger partial charge < -0.3 is 10.4 Å². The van der Waals surface area contributed by atoms with Gasteiger partial charge in [-0.2, -0.15) is 13.5 Å². The van der Waals surface area contributed by atoms with Crippen molar-refractivity contribution in [1.82, 2.24) is 20.1 Å². The van der Waals surface area contributed by atoms with Crippen LogP contribution in [0.1, 0.15) is 49.3 Å². The number of aliphatic hydroxyl groups is 1. The topological polar surface area (TPSA) is 152 Å². The summed E-state index contributed by atoms with van der Waals surface area (Å²) in [5.74, 6) is 3.62. The van der Waals surface area contributed by atoms with Gasteiger partial charge in [-0.15, -0.1) is 0 Å². The van der Waals surface area contributed by atoms with Gasteiger partial charge in [0.25, 0.3) is 10.2 Å². The van der Waals surface area contributed by atoms with Crippen molar-refractivity contribution in [3.63, 3.8) is 0 Å². The van der Waals surface area contributed by atoms with Crippen LogP contribution in [0.25, 0.3) is 22.0 Å². The van der Waals surface area contributed by atoms with Crippen LogP contribution in [0.2, 0.25) is 0 Å². The van der Waals surface area contributed by atoms with Crippen LogP contribution in [-0.4, -0.2) is 39.8 Å². The summed E-state index contributed by atoms with van der Waals surface area (Å²) in [6, 6.07) is 9.17. The molecular formula is C29H30F2N6O4S. The molecule has 0 aliphatic heterocycles. The number of benzene rings is 2. The molecule has 0 saturated carbocycles. The first-order valence-electron chi connectivity index (χ1n) is 12.8. The number of aromatic nitrogens is 3. The normalized spacial score (nSPS) is 12.5. The smallest absolute Gasteiger partial charge is 0.297 e. The predicted molar refractivity (Wildman–Crippen MR) is 155 cm³/mol. The Hall–Kier alpha value is -4.38. The second kappa shape index (κ2) is 11.5.